The molecule has 5 rings (SSSR count). The van der Waals surface area contributed by atoms with Crippen LogP contribution in [0.3, 0.4) is 0 Å². The molecule has 2 aromatic carbocycles. The molecule has 0 radical (unpaired) electrons. The van der Waals surface area contributed by atoms with Crippen LogP contribution in [-0.4, -0.2) is 35.2 Å². The minimum absolute atomic E-state index is 0.0423. The molecule has 1 aliphatic carbocycles. The van der Waals surface area contributed by atoms with Crippen molar-refractivity contribution in [3.8, 4) is 17.1 Å². The summed E-state index contributed by atoms with van der Waals surface area (Å²) in [7, 11) is 0. The molecule has 5 nitrogen and oxygen atoms in total. The van der Waals surface area contributed by atoms with Gasteiger partial charge in [0.15, 0.2) is 5.76 Å². The summed E-state index contributed by atoms with van der Waals surface area (Å²) < 4.78 is 13.1. The van der Waals surface area contributed by atoms with Gasteiger partial charge in [-0.05, 0) is 55.1 Å². The van der Waals surface area contributed by atoms with Crippen LogP contribution in [0.2, 0.25) is 0 Å². The second-order valence-corrected chi connectivity index (χ2v) is 8.84. The average molecular weight is 454 g/mol. The van der Waals surface area contributed by atoms with E-state index in [1.54, 1.807) is 6.20 Å². The summed E-state index contributed by atoms with van der Waals surface area (Å²) in [5, 5.41) is 3.87. The number of ether oxygens (including phenoxy) is 1. The van der Waals surface area contributed by atoms with Crippen molar-refractivity contribution in [1.82, 2.24) is 10.1 Å². The van der Waals surface area contributed by atoms with E-state index in [9.17, 15) is 0 Å². The number of piperidine rings is 1. The van der Waals surface area contributed by atoms with Crippen molar-refractivity contribution in [2.45, 2.75) is 37.5 Å². The van der Waals surface area contributed by atoms with Crippen LogP contribution >= 0.6 is 15.9 Å². The molecule has 0 spiro atoms. The Hall–Kier alpha value is -2.15. The number of rotatable bonds is 4. The van der Waals surface area contributed by atoms with Gasteiger partial charge in [0.25, 0.3) is 0 Å². The summed E-state index contributed by atoms with van der Waals surface area (Å²) in [5.74, 6) is 1.50. The van der Waals surface area contributed by atoms with Crippen LogP contribution in [0.4, 0.5) is 0 Å². The van der Waals surface area contributed by atoms with Gasteiger partial charge >= 0.3 is 0 Å². The lowest BCUT2D eigenvalue weighted by atomic mass is 10.0. The summed E-state index contributed by atoms with van der Waals surface area (Å²) in [6.45, 7) is 2.00. The second kappa shape index (κ2) is 7.94. The minimum Gasteiger partial charge on any atom is -0.483 e. The van der Waals surface area contributed by atoms with E-state index in [-0.39, 0.29) is 18.2 Å². The van der Waals surface area contributed by atoms with Crippen molar-refractivity contribution in [3.05, 3.63) is 70.3 Å². The van der Waals surface area contributed by atoms with Gasteiger partial charge in [0.05, 0.1) is 17.8 Å². The van der Waals surface area contributed by atoms with Gasteiger partial charge < -0.3 is 15.0 Å². The molecule has 3 atom stereocenters. The molecule has 0 saturated carbocycles. The van der Waals surface area contributed by atoms with E-state index in [2.05, 4.69) is 50.3 Å². The van der Waals surface area contributed by atoms with Gasteiger partial charge in [0.2, 0.25) is 0 Å². The van der Waals surface area contributed by atoms with Crippen LogP contribution in [0.5, 0.6) is 5.75 Å². The zero-order chi connectivity index (χ0) is 19.8. The molecule has 3 unspecified atom stereocenters. The van der Waals surface area contributed by atoms with Crippen molar-refractivity contribution in [2.24, 2.45) is 5.73 Å². The smallest absolute Gasteiger partial charge is 0.170 e. The van der Waals surface area contributed by atoms with Crippen molar-refractivity contribution in [3.63, 3.8) is 0 Å². The van der Waals surface area contributed by atoms with Crippen molar-refractivity contribution in [2.75, 3.05) is 13.1 Å². The predicted octanol–water partition coefficient (Wildman–Crippen LogP) is 4.57. The first-order valence-corrected chi connectivity index (χ1v) is 10.9. The van der Waals surface area contributed by atoms with E-state index in [1.807, 2.05) is 24.3 Å². The fourth-order valence-electron chi connectivity index (χ4n) is 4.63. The van der Waals surface area contributed by atoms with Gasteiger partial charge in [0, 0.05) is 23.1 Å². The average Bonchev–Trinajstić information content (AvgIpc) is 3.38. The van der Waals surface area contributed by atoms with Crippen molar-refractivity contribution < 1.29 is 9.26 Å². The summed E-state index contributed by atoms with van der Waals surface area (Å²) >= 11 is 3.56. The SMILES string of the molecule is NC1CCCN(C2Cc3ccccc3C2Oc2ccc(Br)cc2-c2ccno2)C1. The first-order chi connectivity index (χ1) is 14.2. The lowest BCUT2D eigenvalue weighted by molar-refractivity contribution is 0.0595. The third-order valence-electron chi connectivity index (χ3n) is 6.00. The van der Waals surface area contributed by atoms with E-state index in [1.165, 1.54) is 11.1 Å². The first-order valence-electron chi connectivity index (χ1n) is 10.1. The number of halogens is 1. The first kappa shape index (κ1) is 18.9. The highest BCUT2D eigenvalue weighted by molar-refractivity contribution is 9.10. The topological polar surface area (TPSA) is 64.5 Å². The second-order valence-electron chi connectivity index (χ2n) is 7.92. The van der Waals surface area contributed by atoms with Crippen LogP contribution in [0.25, 0.3) is 11.3 Å². The molecule has 0 amide bonds. The summed E-state index contributed by atoms with van der Waals surface area (Å²) in [4.78, 5) is 2.52. The lowest BCUT2D eigenvalue weighted by Gasteiger charge is -2.38. The highest BCUT2D eigenvalue weighted by Crippen LogP contribution is 2.42. The molecule has 2 aliphatic rings. The van der Waals surface area contributed by atoms with Crippen LogP contribution in [0.15, 0.2) is 63.7 Å². The van der Waals surface area contributed by atoms with E-state index < -0.39 is 0 Å². The Balaban J connectivity index is 1.51. The molecule has 2 heterocycles. The summed E-state index contributed by atoms with van der Waals surface area (Å²) in [6.07, 6.45) is 4.84. The maximum absolute atomic E-state index is 6.72. The number of benzene rings is 2. The van der Waals surface area contributed by atoms with Crippen molar-refractivity contribution >= 4 is 15.9 Å². The quantitative estimate of drug-likeness (QED) is 0.626. The largest absolute Gasteiger partial charge is 0.483 e. The molecule has 29 heavy (non-hydrogen) atoms. The Kier molecular flexibility index (Phi) is 5.16. The lowest BCUT2D eigenvalue weighted by Crippen LogP contribution is -2.49. The van der Waals surface area contributed by atoms with Gasteiger partial charge in [-0.1, -0.05) is 45.4 Å². The molecule has 2 N–H and O–H groups in total. The van der Waals surface area contributed by atoms with E-state index in [4.69, 9.17) is 15.0 Å². The van der Waals surface area contributed by atoms with E-state index in [0.717, 1.165) is 48.1 Å². The molecular weight excluding hydrogens is 430 g/mol. The number of hydrogen-bond acceptors (Lipinski definition) is 5. The van der Waals surface area contributed by atoms with Crippen molar-refractivity contribution in [1.29, 1.82) is 0 Å². The summed E-state index contributed by atoms with van der Waals surface area (Å²) in [6, 6.07) is 17.0. The Labute approximate surface area is 178 Å². The molecular formula is C23H24BrN3O2. The zero-order valence-electron chi connectivity index (χ0n) is 16.1. The Bertz CT molecular complexity index is 992. The number of nitrogens with two attached hydrogens (primary N) is 1. The molecule has 1 aromatic heterocycles. The molecule has 3 aromatic rings. The monoisotopic (exact) mass is 453 g/mol. The normalized spacial score (nSPS) is 24.4. The molecule has 150 valence electrons. The fraction of sp³-hybridized carbons (Fsp3) is 0.348. The number of likely N-dealkylation sites (tertiary alicyclic amines) is 1. The predicted molar refractivity (Wildman–Crippen MR) is 116 cm³/mol. The highest BCUT2D eigenvalue weighted by Gasteiger charge is 2.39. The number of nitrogens with zero attached hydrogens (tertiary/aromatic N) is 2. The Morgan fingerprint density at radius 2 is 2.07 bits per heavy atom. The zero-order valence-corrected chi connectivity index (χ0v) is 17.7. The van der Waals surface area contributed by atoms with Gasteiger partial charge in [-0.3, -0.25) is 4.90 Å². The third kappa shape index (κ3) is 3.72. The maximum Gasteiger partial charge on any atom is 0.170 e. The van der Waals surface area contributed by atoms with E-state index >= 15 is 0 Å². The number of aromatic nitrogens is 1. The third-order valence-corrected chi connectivity index (χ3v) is 6.49. The standard InChI is InChI=1S/C23H24BrN3O2/c24-16-7-8-21(19(13-16)22-9-10-26-29-22)28-23-18-6-2-1-4-15(18)12-20(23)27-11-3-5-17(25)14-27/h1-2,4,6-10,13,17,20,23H,3,5,11-12,14,25H2. The number of hydrogen-bond donors (Lipinski definition) is 1. The molecule has 6 heteroatoms. The van der Waals surface area contributed by atoms with Gasteiger partial charge in [-0.15, -0.1) is 0 Å². The molecule has 0 bridgehead atoms. The van der Waals surface area contributed by atoms with E-state index in [0.29, 0.717) is 5.76 Å². The van der Waals surface area contributed by atoms with Gasteiger partial charge in [0.1, 0.15) is 11.9 Å². The summed E-state index contributed by atoms with van der Waals surface area (Å²) in [5.41, 5.74) is 9.82. The molecule has 1 fully saturated rings. The Morgan fingerprint density at radius 1 is 1.17 bits per heavy atom. The molecule has 1 saturated heterocycles. The van der Waals surface area contributed by atoms with Crippen LogP contribution in [-0.2, 0) is 6.42 Å². The van der Waals surface area contributed by atoms with Gasteiger partial charge in [-0.2, -0.15) is 0 Å². The highest BCUT2D eigenvalue weighted by atomic mass is 79.9. The maximum atomic E-state index is 6.72. The minimum atomic E-state index is -0.0423. The van der Waals surface area contributed by atoms with Crippen LogP contribution in [0.1, 0.15) is 30.1 Å². The fourth-order valence-corrected chi connectivity index (χ4v) is 4.99. The Morgan fingerprint density at radius 3 is 2.90 bits per heavy atom. The van der Waals surface area contributed by atoms with Gasteiger partial charge in [-0.25, -0.2) is 0 Å². The molecule has 1 aliphatic heterocycles. The van der Waals surface area contributed by atoms with Crippen LogP contribution < -0.4 is 10.5 Å². The number of fused-ring (bicyclic) bond motifs is 1. The van der Waals surface area contributed by atoms with Crippen LogP contribution in [0, 0.1) is 0 Å².